The van der Waals surface area contributed by atoms with E-state index in [2.05, 4.69) is 4.90 Å². The zero-order chi connectivity index (χ0) is 16.2. The molecule has 2 saturated heterocycles. The monoisotopic (exact) mass is 332 g/mol. The molecular weight excluding hydrogens is 304 g/mol. The number of hydrogen-bond donors (Lipinski definition) is 1. The smallest absolute Gasteiger partial charge is 0.223 e. The largest absolute Gasteiger partial charge is 0.396 e. The molecule has 0 aromatic rings. The Labute approximate surface area is 133 Å². The summed E-state index contributed by atoms with van der Waals surface area (Å²) in [5.74, 6) is 0.299. The summed E-state index contributed by atoms with van der Waals surface area (Å²) in [6.07, 6.45) is 4.64. The molecular formula is C15H28N2O4S. The Morgan fingerprint density at radius 2 is 1.82 bits per heavy atom. The fourth-order valence-electron chi connectivity index (χ4n) is 3.55. The Hall–Kier alpha value is -0.660. The van der Waals surface area contributed by atoms with Crippen molar-refractivity contribution in [3.8, 4) is 0 Å². The van der Waals surface area contributed by atoms with E-state index in [0.717, 1.165) is 32.3 Å². The number of nitrogens with zero attached hydrogens (tertiary/aromatic N) is 2. The van der Waals surface area contributed by atoms with Gasteiger partial charge in [0.2, 0.25) is 5.91 Å². The van der Waals surface area contributed by atoms with E-state index in [0.29, 0.717) is 19.0 Å². The van der Waals surface area contributed by atoms with Gasteiger partial charge in [-0.3, -0.25) is 4.79 Å². The van der Waals surface area contributed by atoms with Gasteiger partial charge in [-0.2, -0.15) is 0 Å². The third kappa shape index (κ3) is 5.52. The summed E-state index contributed by atoms with van der Waals surface area (Å²) in [5.41, 5.74) is 0. The molecule has 128 valence electrons. The van der Waals surface area contributed by atoms with Crippen LogP contribution in [0.4, 0.5) is 0 Å². The van der Waals surface area contributed by atoms with Crippen LogP contribution in [-0.2, 0) is 14.6 Å². The predicted molar refractivity (Wildman–Crippen MR) is 85.3 cm³/mol. The van der Waals surface area contributed by atoms with Crippen LogP contribution in [0.15, 0.2) is 0 Å². The van der Waals surface area contributed by atoms with E-state index in [9.17, 15) is 18.3 Å². The number of rotatable bonds is 6. The fraction of sp³-hybridized carbons (Fsp3) is 0.933. The van der Waals surface area contributed by atoms with Crippen molar-refractivity contribution in [2.75, 3.05) is 51.3 Å². The van der Waals surface area contributed by atoms with Crippen molar-refractivity contribution >= 4 is 15.7 Å². The van der Waals surface area contributed by atoms with Crippen LogP contribution in [0, 0.1) is 11.8 Å². The van der Waals surface area contributed by atoms with Crippen molar-refractivity contribution in [3.63, 3.8) is 0 Å². The van der Waals surface area contributed by atoms with E-state index in [1.165, 1.54) is 12.8 Å². The molecule has 2 aliphatic rings. The molecule has 2 aliphatic heterocycles. The fourth-order valence-corrected chi connectivity index (χ4v) is 4.09. The standard InChI is InChI=1S/C15H28N2O4S/c1-22(20,21)7-4-15(19)17-10-13(8-14(11-17)12-18)9-16-5-2-3-6-16/h13-14,18H,2-12H2,1H3. The molecule has 1 amide bonds. The molecule has 2 rings (SSSR count). The van der Waals surface area contributed by atoms with Gasteiger partial charge in [0.1, 0.15) is 9.84 Å². The summed E-state index contributed by atoms with van der Waals surface area (Å²) in [6.45, 7) is 4.56. The Balaban J connectivity index is 1.90. The van der Waals surface area contributed by atoms with Crippen molar-refractivity contribution in [2.45, 2.75) is 25.7 Å². The first-order chi connectivity index (χ1) is 10.4. The summed E-state index contributed by atoms with van der Waals surface area (Å²) < 4.78 is 22.4. The van der Waals surface area contributed by atoms with Gasteiger partial charge in [-0.25, -0.2) is 8.42 Å². The Morgan fingerprint density at radius 3 is 2.41 bits per heavy atom. The van der Waals surface area contributed by atoms with Crippen LogP contribution >= 0.6 is 0 Å². The summed E-state index contributed by atoms with van der Waals surface area (Å²) in [7, 11) is -3.11. The number of aliphatic hydroxyl groups is 1. The molecule has 6 nitrogen and oxygen atoms in total. The molecule has 0 aliphatic carbocycles. The van der Waals surface area contributed by atoms with Crippen LogP contribution < -0.4 is 0 Å². The van der Waals surface area contributed by atoms with E-state index >= 15 is 0 Å². The van der Waals surface area contributed by atoms with Gasteiger partial charge in [-0.1, -0.05) is 0 Å². The number of hydrogen-bond acceptors (Lipinski definition) is 5. The lowest BCUT2D eigenvalue weighted by Gasteiger charge is -2.38. The maximum absolute atomic E-state index is 12.3. The zero-order valence-electron chi connectivity index (χ0n) is 13.4. The number of aliphatic hydroxyl groups excluding tert-OH is 1. The van der Waals surface area contributed by atoms with Crippen LogP contribution in [0.5, 0.6) is 0 Å². The van der Waals surface area contributed by atoms with Gasteiger partial charge in [-0.15, -0.1) is 0 Å². The van der Waals surface area contributed by atoms with E-state index in [1.807, 2.05) is 0 Å². The summed E-state index contributed by atoms with van der Waals surface area (Å²) in [6, 6.07) is 0. The number of piperidine rings is 1. The molecule has 2 unspecified atom stereocenters. The molecule has 0 saturated carbocycles. The quantitative estimate of drug-likeness (QED) is 0.739. The molecule has 7 heteroatoms. The highest BCUT2D eigenvalue weighted by atomic mass is 32.2. The predicted octanol–water partition coefficient (Wildman–Crippen LogP) is -0.0261. The Morgan fingerprint density at radius 1 is 1.18 bits per heavy atom. The van der Waals surface area contributed by atoms with Gasteiger partial charge >= 0.3 is 0 Å². The maximum atomic E-state index is 12.3. The average molecular weight is 332 g/mol. The number of carbonyl (C=O) groups excluding carboxylic acids is 1. The van der Waals surface area contributed by atoms with Crippen LogP contribution in [-0.4, -0.2) is 80.6 Å². The van der Waals surface area contributed by atoms with Crippen LogP contribution in [0.25, 0.3) is 0 Å². The summed E-state index contributed by atoms with van der Waals surface area (Å²) in [4.78, 5) is 16.4. The van der Waals surface area contributed by atoms with Crippen molar-refractivity contribution < 1.29 is 18.3 Å². The van der Waals surface area contributed by atoms with Gasteiger partial charge in [0.05, 0.1) is 5.75 Å². The second-order valence-electron chi connectivity index (χ2n) is 6.84. The van der Waals surface area contributed by atoms with Gasteiger partial charge in [0.25, 0.3) is 0 Å². The summed E-state index contributed by atoms with van der Waals surface area (Å²) >= 11 is 0. The highest BCUT2D eigenvalue weighted by molar-refractivity contribution is 7.90. The lowest BCUT2D eigenvalue weighted by atomic mass is 9.89. The average Bonchev–Trinajstić information content (AvgIpc) is 2.96. The van der Waals surface area contributed by atoms with Gasteiger partial charge in [0, 0.05) is 38.9 Å². The molecule has 0 radical (unpaired) electrons. The minimum Gasteiger partial charge on any atom is -0.396 e. The molecule has 0 aromatic heterocycles. The highest BCUT2D eigenvalue weighted by Gasteiger charge is 2.31. The lowest BCUT2D eigenvalue weighted by molar-refractivity contribution is -0.134. The Bertz CT molecular complexity index is 474. The number of likely N-dealkylation sites (tertiary alicyclic amines) is 2. The first-order valence-corrected chi connectivity index (χ1v) is 10.2. The SMILES string of the molecule is CS(=O)(=O)CCC(=O)N1CC(CO)CC(CN2CCCC2)C1. The third-order valence-corrected chi connectivity index (χ3v) is 5.58. The molecule has 0 bridgehead atoms. The van der Waals surface area contributed by atoms with E-state index < -0.39 is 9.84 Å². The molecule has 22 heavy (non-hydrogen) atoms. The third-order valence-electron chi connectivity index (χ3n) is 4.64. The van der Waals surface area contributed by atoms with E-state index in [1.54, 1.807) is 4.90 Å². The van der Waals surface area contributed by atoms with Gasteiger partial charge in [-0.05, 0) is 44.2 Å². The normalized spacial score (nSPS) is 27.3. The van der Waals surface area contributed by atoms with E-state index in [4.69, 9.17) is 0 Å². The molecule has 1 N–H and O–H groups in total. The minimum absolute atomic E-state index is 0.0490. The summed E-state index contributed by atoms with van der Waals surface area (Å²) in [5, 5.41) is 9.48. The maximum Gasteiger partial charge on any atom is 0.223 e. The Kier molecular flexibility index (Phi) is 6.23. The molecule has 2 atom stereocenters. The van der Waals surface area contributed by atoms with Crippen LogP contribution in [0.1, 0.15) is 25.7 Å². The zero-order valence-corrected chi connectivity index (χ0v) is 14.2. The lowest BCUT2D eigenvalue weighted by Crippen LogP contribution is -2.48. The molecule has 0 spiro atoms. The first-order valence-electron chi connectivity index (χ1n) is 8.16. The van der Waals surface area contributed by atoms with Gasteiger partial charge < -0.3 is 14.9 Å². The molecule has 2 heterocycles. The van der Waals surface area contributed by atoms with Crippen molar-refractivity contribution in [1.29, 1.82) is 0 Å². The molecule has 2 fully saturated rings. The second-order valence-corrected chi connectivity index (χ2v) is 9.10. The number of sulfone groups is 1. The van der Waals surface area contributed by atoms with Crippen LogP contribution in [0.3, 0.4) is 0 Å². The number of carbonyl (C=O) groups is 1. The number of amides is 1. The van der Waals surface area contributed by atoms with Crippen molar-refractivity contribution in [1.82, 2.24) is 9.80 Å². The minimum atomic E-state index is -3.11. The molecule has 0 aromatic carbocycles. The second kappa shape index (κ2) is 7.75. The topological polar surface area (TPSA) is 77.9 Å². The highest BCUT2D eigenvalue weighted by Crippen LogP contribution is 2.24. The van der Waals surface area contributed by atoms with Crippen molar-refractivity contribution in [2.24, 2.45) is 11.8 Å². The van der Waals surface area contributed by atoms with Crippen LogP contribution in [0.2, 0.25) is 0 Å². The van der Waals surface area contributed by atoms with Crippen molar-refractivity contribution in [3.05, 3.63) is 0 Å². The van der Waals surface area contributed by atoms with Gasteiger partial charge in [0.15, 0.2) is 0 Å². The van der Waals surface area contributed by atoms with E-state index in [-0.39, 0.29) is 30.6 Å². The first kappa shape index (κ1) is 17.7.